The van der Waals surface area contributed by atoms with Crippen molar-refractivity contribution in [2.45, 2.75) is 25.4 Å². The normalized spacial score (nSPS) is 11.9. The van der Waals surface area contributed by atoms with E-state index in [1.54, 1.807) is 6.20 Å². The van der Waals surface area contributed by atoms with E-state index in [-0.39, 0.29) is 6.42 Å². The molecule has 0 spiro atoms. The number of hydrogen-bond acceptors (Lipinski definition) is 4. The second-order valence-electron chi connectivity index (χ2n) is 3.87. The van der Waals surface area contributed by atoms with Gasteiger partial charge in [0.1, 0.15) is 4.83 Å². The van der Waals surface area contributed by atoms with E-state index in [1.165, 1.54) is 11.3 Å². The fourth-order valence-corrected chi connectivity index (χ4v) is 2.23. The average Bonchev–Trinajstić information content (AvgIpc) is 2.74. The van der Waals surface area contributed by atoms with Gasteiger partial charge in [0, 0.05) is 24.5 Å². The van der Waals surface area contributed by atoms with Crippen LogP contribution in [0.2, 0.25) is 0 Å². The van der Waals surface area contributed by atoms with Gasteiger partial charge in [-0.15, -0.1) is 11.3 Å². The summed E-state index contributed by atoms with van der Waals surface area (Å²) in [4.78, 5) is 9.22. The third-order valence-electron chi connectivity index (χ3n) is 2.38. The first-order chi connectivity index (χ1) is 8.54. The van der Waals surface area contributed by atoms with Crippen LogP contribution >= 0.6 is 11.3 Å². The van der Waals surface area contributed by atoms with Gasteiger partial charge in [0.05, 0.1) is 0 Å². The molecule has 2 rings (SSSR count). The summed E-state index contributed by atoms with van der Waals surface area (Å²) in [7, 11) is 0. The molecule has 0 saturated carbocycles. The maximum absolute atomic E-state index is 11.9. The monoisotopic (exact) mass is 275 g/mol. The zero-order valence-corrected chi connectivity index (χ0v) is 10.3. The van der Waals surface area contributed by atoms with Gasteiger partial charge in [-0.3, -0.25) is 0 Å². The molecule has 18 heavy (non-hydrogen) atoms. The molecular formula is C11H12F3N3S. The van der Waals surface area contributed by atoms with Crippen LogP contribution in [-0.4, -0.2) is 22.7 Å². The third-order valence-corrected chi connectivity index (χ3v) is 3.20. The van der Waals surface area contributed by atoms with Crippen LogP contribution in [0.1, 0.15) is 19.3 Å². The second kappa shape index (κ2) is 5.51. The minimum absolute atomic E-state index is 0.123. The van der Waals surface area contributed by atoms with E-state index in [1.807, 2.05) is 11.4 Å². The van der Waals surface area contributed by atoms with Crippen LogP contribution in [0.3, 0.4) is 0 Å². The van der Waals surface area contributed by atoms with Gasteiger partial charge in [-0.25, -0.2) is 9.97 Å². The number of hydrogen-bond donors (Lipinski definition) is 1. The second-order valence-corrected chi connectivity index (χ2v) is 4.77. The van der Waals surface area contributed by atoms with Gasteiger partial charge in [-0.05, 0) is 24.3 Å². The maximum atomic E-state index is 11.9. The van der Waals surface area contributed by atoms with Crippen molar-refractivity contribution >= 4 is 27.5 Å². The summed E-state index contributed by atoms with van der Waals surface area (Å²) in [6.45, 7) is 0.451. The van der Waals surface area contributed by atoms with Crippen LogP contribution in [-0.2, 0) is 0 Å². The number of unbranched alkanes of at least 4 members (excludes halogenated alkanes) is 1. The largest absolute Gasteiger partial charge is 0.389 e. The Morgan fingerprint density at radius 1 is 1.28 bits per heavy atom. The van der Waals surface area contributed by atoms with Gasteiger partial charge >= 0.3 is 6.18 Å². The van der Waals surface area contributed by atoms with Crippen LogP contribution in [0.5, 0.6) is 0 Å². The summed E-state index contributed by atoms with van der Waals surface area (Å²) in [5.41, 5.74) is 0. The molecule has 7 heteroatoms. The summed E-state index contributed by atoms with van der Waals surface area (Å²) in [6.07, 6.45) is -2.52. The van der Waals surface area contributed by atoms with Crippen LogP contribution in [0, 0.1) is 0 Å². The lowest BCUT2D eigenvalue weighted by Crippen LogP contribution is -2.09. The Labute approximate surface area is 106 Å². The first kappa shape index (κ1) is 13.1. The van der Waals surface area contributed by atoms with E-state index in [9.17, 15) is 13.2 Å². The molecule has 0 saturated heterocycles. The molecule has 0 bridgehead atoms. The van der Waals surface area contributed by atoms with Gasteiger partial charge in [0.25, 0.3) is 0 Å². The average molecular weight is 275 g/mol. The number of fused-ring (bicyclic) bond motifs is 1. The number of aromatic nitrogens is 2. The van der Waals surface area contributed by atoms with Crippen molar-refractivity contribution in [2.75, 3.05) is 11.9 Å². The molecule has 0 aliphatic carbocycles. The molecule has 0 aliphatic heterocycles. The summed E-state index contributed by atoms with van der Waals surface area (Å²) < 4.78 is 35.7. The molecule has 0 aliphatic rings. The van der Waals surface area contributed by atoms with E-state index in [2.05, 4.69) is 15.3 Å². The predicted octanol–water partition coefficient (Wildman–Crippen LogP) is 3.84. The standard InChI is InChI=1S/C11H12F3N3S/c12-11(13,14)4-1-2-5-15-10-16-7-8-3-6-18-9(8)17-10/h3,6-7H,1-2,4-5H2,(H,15,16,17). The van der Waals surface area contributed by atoms with E-state index in [0.717, 1.165) is 10.2 Å². The van der Waals surface area contributed by atoms with Crippen LogP contribution in [0.4, 0.5) is 19.1 Å². The lowest BCUT2D eigenvalue weighted by Gasteiger charge is -2.06. The van der Waals surface area contributed by atoms with Gasteiger partial charge in [-0.2, -0.15) is 13.2 Å². The molecule has 0 amide bonds. The minimum Gasteiger partial charge on any atom is -0.354 e. The molecule has 0 unspecified atom stereocenters. The van der Waals surface area contributed by atoms with Crippen LogP contribution in [0.15, 0.2) is 17.6 Å². The summed E-state index contributed by atoms with van der Waals surface area (Å²) >= 11 is 1.51. The lowest BCUT2D eigenvalue weighted by atomic mass is 10.2. The van der Waals surface area contributed by atoms with Crippen molar-refractivity contribution in [3.63, 3.8) is 0 Å². The molecule has 0 fully saturated rings. The minimum atomic E-state index is -4.06. The quantitative estimate of drug-likeness (QED) is 0.842. The zero-order chi connectivity index (χ0) is 13.0. The highest BCUT2D eigenvalue weighted by molar-refractivity contribution is 7.16. The fraction of sp³-hybridized carbons (Fsp3) is 0.455. The third kappa shape index (κ3) is 3.83. The van der Waals surface area contributed by atoms with Crippen molar-refractivity contribution < 1.29 is 13.2 Å². The topological polar surface area (TPSA) is 37.8 Å². The summed E-state index contributed by atoms with van der Waals surface area (Å²) in [5.74, 6) is 0.469. The first-order valence-corrected chi connectivity index (χ1v) is 6.43. The molecule has 98 valence electrons. The molecule has 2 aromatic heterocycles. The van der Waals surface area contributed by atoms with E-state index in [0.29, 0.717) is 18.9 Å². The van der Waals surface area contributed by atoms with Gasteiger partial charge in [0.2, 0.25) is 5.95 Å². The summed E-state index contributed by atoms with van der Waals surface area (Å²) in [5, 5.41) is 5.83. The number of rotatable bonds is 5. The van der Waals surface area contributed by atoms with E-state index >= 15 is 0 Å². The van der Waals surface area contributed by atoms with Crippen molar-refractivity contribution in [3.05, 3.63) is 17.6 Å². The highest BCUT2D eigenvalue weighted by atomic mass is 32.1. The Hall–Kier alpha value is -1.37. The van der Waals surface area contributed by atoms with Crippen molar-refractivity contribution in [1.29, 1.82) is 0 Å². The number of halogens is 3. The Balaban J connectivity index is 1.76. The van der Waals surface area contributed by atoms with E-state index < -0.39 is 12.6 Å². The summed E-state index contributed by atoms with van der Waals surface area (Å²) in [6, 6.07) is 1.92. The SMILES string of the molecule is FC(F)(F)CCCCNc1ncc2ccsc2n1. The number of nitrogens with one attached hydrogen (secondary N) is 1. The maximum Gasteiger partial charge on any atom is 0.389 e. The molecule has 2 aromatic rings. The van der Waals surface area contributed by atoms with Gasteiger partial charge < -0.3 is 5.32 Å². The van der Waals surface area contributed by atoms with Gasteiger partial charge in [-0.1, -0.05) is 0 Å². The highest BCUT2D eigenvalue weighted by Crippen LogP contribution is 2.22. The number of thiophene rings is 1. The molecule has 0 aromatic carbocycles. The Morgan fingerprint density at radius 2 is 2.11 bits per heavy atom. The molecule has 1 N–H and O–H groups in total. The predicted molar refractivity (Wildman–Crippen MR) is 65.8 cm³/mol. The fourth-order valence-electron chi connectivity index (χ4n) is 1.49. The van der Waals surface area contributed by atoms with Crippen molar-refractivity contribution in [3.8, 4) is 0 Å². The number of anilines is 1. The molecular weight excluding hydrogens is 263 g/mol. The highest BCUT2D eigenvalue weighted by Gasteiger charge is 2.25. The molecule has 0 radical (unpaired) electrons. The lowest BCUT2D eigenvalue weighted by molar-refractivity contribution is -0.135. The smallest absolute Gasteiger partial charge is 0.354 e. The van der Waals surface area contributed by atoms with Gasteiger partial charge in [0.15, 0.2) is 0 Å². The Morgan fingerprint density at radius 3 is 2.89 bits per heavy atom. The number of alkyl halides is 3. The van der Waals surface area contributed by atoms with Crippen LogP contribution < -0.4 is 5.32 Å². The molecule has 0 atom stereocenters. The van der Waals surface area contributed by atoms with Crippen LogP contribution in [0.25, 0.3) is 10.2 Å². The Kier molecular flexibility index (Phi) is 4.00. The zero-order valence-electron chi connectivity index (χ0n) is 9.50. The van der Waals surface area contributed by atoms with Crippen molar-refractivity contribution in [2.24, 2.45) is 0 Å². The molecule has 2 heterocycles. The van der Waals surface area contributed by atoms with Crippen molar-refractivity contribution in [1.82, 2.24) is 9.97 Å². The van der Waals surface area contributed by atoms with E-state index in [4.69, 9.17) is 0 Å². The number of nitrogens with zero attached hydrogens (tertiary/aromatic N) is 2. The Bertz CT molecular complexity index is 509. The first-order valence-electron chi connectivity index (χ1n) is 5.55. The molecule has 3 nitrogen and oxygen atoms in total.